The van der Waals surface area contributed by atoms with Crippen LogP contribution in [-0.4, -0.2) is 23.2 Å². The molecule has 2 atom stereocenters. The van der Waals surface area contributed by atoms with Crippen molar-refractivity contribution in [2.75, 3.05) is 13.1 Å². The molecule has 1 fully saturated rings. The maximum Gasteiger partial charge on any atom is 0.0851 e. The van der Waals surface area contributed by atoms with Crippen molar-refractivity contribution in [3.8, 4) is 0 Å². The number of piperidine rings is 1. The fraction of sp³-hybridized carbons (Fsp3) is 0.400. The Labute approximate surface area is 107 Å². The van der Waals surface area contributed by atoms with E-state index < -0.39 is 6.10 Å². The van der Waals surface area contributed by atoms with Gasteiger partial charge >= 0.3 is 0 Å². The molecule has 0 saturated carbocycles. The Morgan fingerprint density at radius 3 is 3.00 bits per heavy atom. The fourth-order valence-corrected chi connectivity index (χ4v) is 2.78. The second kappa shape index (κ2) is 5.04. The number of nitrogens with one attached hydrogen (secondary N) is 1. The van der Waals surface area contributed by atoms with Gasteiger partial charge in [0.25, 0.3) is 0 Å². The number of benzene rings is 1. The van der Waals surface area contributed by atoms with Crippen LogP contribution >= 0.6 is 0 Å². The second-order valence-electron chi connectivity index (χ2n) is 5.00. The molecule has 0 bridgehead atoms. The molecule has 2 aromatic rings. The number of nitrogens with zero attached hydrogens (tertiary/aromatic N) is 1. The quantitative estimate of drug-likeness (QED) is 0.849. The highest BCUT2D eigenvalue weighted by atomic mass is 16.3. The van der Waals surface area contributed by atoms with E-state index in [1.54, 1.807) is 0 Å². The SMILES string of the molecule is OC(c1cncc2ccccc12)C1CCCNC1. The maximum atomic E-state index is 10.6. The van der Waals surface area contributed by atoms with Gasteiger partial charge in [0.15, 0.2) is 0 Å². The summed E-state index contributed by atoms with van der Waals surface area (Å²) in [5.74, 6) is 0.298. The molecule has 3 rings (SSSR count). The van der Waals surface area contributed by atoms with E-state index in [1.165, 1.54) is 0 Å². The monoisotopic (exact) mass is 242 g/mol. The Morgan fingerprint density at radius 2 is 2.17 bits per heavy atom. The third-order valence-corrected chi connectivity index (χ3v) is 3.80. The van der Waals surface area contributed by atoms with E-state index in [2.05, 4.69) is 16.4 Å². The Hall–Kier alpha value is -1.45. The minimum atomic E-state index is -0.420. The average Bonchev–Trinajstić information content (AvgIpc) is 2.47. The molecule has 94 valence electrons. The first-order chi connectivity index (χ1) is 8.86. The Morgan fingerprint density at radius 1 is 1.28 bits per heavy atom. The molecule has 0 amide bonds. The number of fused-ring (bicyclic) bond motifs is 1. The van der Waals surface area contributed by atoms with Crippen LogP contribution in [0.15, 0.2) is 36.7 Å². The predicted molar refractivity (Wildman–Crippen MR) is 72.3 cm³/mol. The molecule has 0 spiro atoms. The van der Waals surface area contributed by atoms with E-state index in [0.717, 1.165) is 42.3 Å². The number of aromatic nitrogens is 1. The smallest absolute Gasteiger partial charge is 0.0851 e. The van der Waals surface area contributed by atoms with Gasteiger partial charge in [-0.3, -0.25) is 4.98 Å². The van der Waals surface area contributed by atoms with Crippen molar-refractivity contribution in [2.24, 2.45) is 5.92 Å². The highest BCUT2D eigenvalue weighted by Gasteiger charge is 2.24. The summed E-state index contributed by atoms with van der Waals surface area (Å²) < 4.78 is 0. The predicted octanol–water partition coefficient (Wildman–Crippen LogP) is 2.27. The fourth-order valence-electron chi connectivity index (χ4n) is 2.78. The lowest BCUT2D eigenvalue weighted by Gasteiger charge is -2.28. The van der Waals surface area contributed by atoms with Crippen molar-refractivity contribution >= 4 is 10.8 Å². The zero-order chi connectivity index (χ0) is 12.4. The number of rotatable bonds is 2. The minimum absolute atomic E-state index is 0.298. The molecule has 1 aliphatic rings. The number of hydrogen-bond donors (Lipinski definition) is 2. The van der Waals surface area contributed by atoms with Crippen molar-refractivity contribution in [2.45, 2.75) is 18.9 Å². The van der Waals surface area contributed by atoms with Gasteiger partial charge in [-0.15, -0.1) is 0 Å². The van der Waals surface area contributed by atoms with Crippen LogP contribution in [0.3, 0.4) is 0 Å². The van der Waals surface area contributed by atoms with Crippen molar-refractivity contribution < 1.29 is 5.11 Å². The van der Waals surface area contributed by atoms with Crippen molar-refractivity contribution in [1.29, 1.82) is 0 Å². The standard InChI is InChI=1S/C15H18N2O/c18-15(12-5-3-7-16-9-12)14-10-17-8-11-4-1-2-6-13(11)14/h1-2,4,6,8,10,12,15-16,18H,3,5,7,9H2. The van der Waals surface area contributed by atoms with E-state index in [4.69, 9.17) is 0 Å². The van der Waals surface area contributed by atoms with Crippen LogP contribution in [-0.2, 0) is 0 Å². The summed E-state index contributed by atoms with van der Waals surface area (Å²) in [6.45, 7) is 1.96. The average molecular weight is 242 g/mol. The highest BCUT2D eigenvalue weighted by molar-refractivity contribution is 5.84. The molecule has 3 nitrogen and oxygen atoms in total. The van der Waals surface area contributed by atoms with Gasteiger partial charge in [0.2, 0.25) is 0 Å². The molecular formula is C15H18N2O. The van der Waals surface area contributed by atoms with Crippen LogP contribution in [0.4, 0.5) is 0 Å². The topological polar surface area (TPSA) is 45.2 Å². The summed E-state index contributed by atoms with van der Waals surface area (Å²) in [5.41, 5.74) is 0.960. The largest absolute Gasteiger partial charge is 0.388 e. The molecular weight excluding hydrogens is 224 g/mol. The second-order valence-corrected chi connectivity index (χ2v) is 5.00. The summed E-state index contributed by atoms with van der Waals surface area (Å²) in [7, 11) is 0. The molecule has 1 aliphatic heterocycles. The molecule has 0 aliphatic carbocycles. The van der Waals surface area contributed by atoms with Gasteiger partial charge < -0.3 is 10.4 Å². The maximum absolute atomic E-state index is 10.6. The van der Waals surface area contributed by atoms with Crippen molar-refractivity contribution in [1.82, 2.24) is 10.3 Å². The van der Waals surface area contributed by atoms with Gasteiger partial charge in [-0.1, -0.05) is 24.3 Å². The summed E-state index contributed by atoms with van der Waals surface area (Å²) in [5, 5.41) is 16.1. The summed E-state index contributed by atoms with van der Waals surface area (Å²) >= 11 is 0. The zero-order valence-electron chi connectivity index (χ0n) is 10.3. The Bertz CT molecular complexity index is 530. The summed E-state index contributed by atoms with van der Waals surface area (Å²) in [6.07, 6.45) is 5.46. The van der Waals surface area contributed by atoms with Crippen LogP contribution in [0.5, 0.6) is 0 Å². The van der Waals surface area contributed by atoms with Crippen LogP contribution in [0.25, 0.3) is 10.8 Å². The van der Waals surface area contributed by atoms with Crippen LogP contribution in [0.2, 0.25) is 0 Å². The Kier molecular flexibility index (Phi) is 3.26. The number of pyridine rings is 1. The van der Waals surface area contributed by atoms with E-state index >= 15 is 0 Å². The molecule has 2 N–H and O–H groups in total. The molecule has 2 unspecified atom stereocenters. The van der Waals surface area contributed by atoms with Gasteiger partial charge in [-0.05, 0) is 24.8 Å². The lowest BCUT2D eigenvalue weighted by molar-refractivity contribution is 0.0931. The molecule has 1 aromatic carbocycles. The van der Waals surface area contributed by atoms with Gasteiger partial charge in [-0.25, -0.2) is 0 Å². The van der Waals surface area contributed by atoms with E-state index in [1.807, 2.05) is 30.6 Å². The van der Waals surface area contributed by atoms with E-state index in [9.17, 15) is 5.11 Å². The molecule has 3 heteroatoms. The Balaban J connectivity index is 1.97. The summed E-state index contributed by atoms with van der Waals surface area (Å²) in [4.78, 5) is 4.25. The number of aliphatic hydroxyl groups excluding tert-OH is 1. The van der Waals surface area contributed by atoms with Gasteiger partial charge in [0.1, 0.15) is 0 Å². The van der Waals surface area contributed by atoms with Gasteiger partial charge in [0.05, 0.1) is 6.10 Å². The minimum Gasteiger partial charge on any atom is -0.388 e. The molecule has 1 saturated heterocycles. The zero-order valence-corrected chi connectivity index (χ0v) is 10.3. The molecule has 1 aromatic heterocycles. The number of aliphatic hydroxyl groups is 1. The molecule has 18 heavy (non-hydrogen) atoms. The van der Waals surface area contributed by atoms with Crippen LogP contribution in [0, 0.1) is 5.92 Å². The third-order valence-electron chi connectivity index (χ3n) is 3.80. The van der Waals surface area contributed by atoms with Crippen molar-refractivity contribution in [3.05, 3.63) is 42.2 Å². The van der Waals surface area contributed by atoms with Gasteiger partial charge in [0, 0.05) is 35.8 Å². The van der Waals surface area contributed by atoms with Crippen molar-refractivity contribution in [3.63, 3.8) is 0 Å². The van der Waals surface area contributed by atoms with Crippen LogP contribution < -0.4 is 5.32 Å². The van der Waals surface area contributed by atoms with Crippen LogP contribution in [0.1, 0.15) is 24.5 Å². The lowest BCUT2D eigenvalue weighted by atomic mass is 9.88. The van der Waals surface area contributed by atoms with E-state index in [-0.39, 0.29) is 0 Å². The first kappa shape index (κ1) is 11.6. The lowest BCUT2D eigenvalue weighted by Crippen LogP contribution is -2.33. The normalized spacial score (nSPS) is 21.9. The molecule has 2 heterocycles. The highest BCUT2D eigenvalue weighted by Crippen LogP contribution is 2.31. The third kappa shape index (κ3) is 2.11. The first-order valence-corrected chi connectivity index (χ1v) is 6.57. The van der Waals surface area contributed by atoms with E-state index in [0.29, 0.717) is 5.92 Å². The van der Waals surface area contributed by atoms with Gasteiger partial charge in [-0.2, -0.15) is 0 Å². The number of hydrogen-bond acceptors (Lipinski definition) is 3. The molecule has 0 radical (unpaired) electrons. The first-order valence-electron chi connectivity index (χ1n) is 6.57. The summed E-state index contributed by atoms with van der Waals surface area (Å²) in [6, 6.07) is 8.11.